The van der Waals surface area contributed by atoms with Gasteiger partial charge < -0.3 is 25.1 Å². The van der Waals surface area contributed by atoms with Crippen molar-refractivity contribution in [3.63, 3.8) is 0 Å². The van der Waals surface area contributed by atoms with Crippen LogP contribution in [0.5, 0.6) is 11.5 Å². The summed E-state index contributed by atoms with van der Waals surface area (Å²) in [5.74, 6) is 0.327. The number of nitrogens with zero attached hydrogens (tertiary/aromatic N) is 2. The van der Waals surface area contributed by atoms with Crippen LogP contribution in [0.2, 0.25) is 5.02 Å². The highest BCUT2D eigenvalue weighted by atomic mass is 35.5. The van der Waals surface area contributed by atoms with E-state index in [1.54, 1.807) is 55.6 Å². The van der Waals surface area contributed by atoms with E-state index in [-0.39, 0.29) is 28.9 Å². The minimum atomic E-state index is -1.03. The zero-order valence-corrected chi connectivity index (χ0v) is 20.1. The Labute approximate surface area is 211 Å². The molecule has 3 N–H and O–H groups in total. The van der Waals surface area contributed by atoms with Crippen LogP contribution in [-0.2, 0) is 9.53 Å². The van der Waals surface area contributed by atoms with Crippen LogP contribution in [0.4, 0.5) is 17.1 Å². The van der Waals surface area contributed by atoms with E-state index in [0.717, 1.165) is 0 Å². The predicted octanol–water partition coefficient (Wildman–Crippen LogP) is 5.56. The van der Waals surface area contributed by atoms with Crippen molar-refractivity contribution in [1.29, 1.82) is 0 Å². The van der Waals surface area contributed by atoms with Crippen LogP contribution in [0, 0.1) is 6.57 Å². The number of H-pyrrole nitrogens is 1. The second-order valence-electron chi connectivity index (χ2n) is 8.50. The number of methoxy groups -OCH3 is 1. The molecule has 0 fully saturated rings. The van der Waals surface area contributed by atoms with E-state index in [4.69, 9.17) is 27.6 Å². The molecule has 0 unspecified atom stereocenters. The normalized spacial score (nSPS) is 16.6. The molecule has 1 aliphatic rings. The fourth-order valence-corrected chi connectivity index (χ4v) is 4.38. The first kappa shape index (κ1) is 23.4. The van der Waals surface area contributed by atoms with Crippen molar-refractivity contribution in [3.8, 4) is 11.5 Å². The van der Waals surface area contributed by atoms with Crippen molar-refractivity contribution in [2.75, 3.05) is 24.4 Å². The molecule has 1 aliphatic heterocycles. The van der Waals surface area contributed by atoms with E-state index in [1.165, 1.54) is 13.3 Å². The lowest BCUT2D eigenvalue weighted by Gasteiger charge is -2.35. The van der Waals surface area contributed by atoms with Gasteiger partial charge >= 0.3 is 0 Å². The van der Waals surface area contributed by atoms with Gasteiger partial charge in [0.1, 0.15) is 22.7 Å². The molecule has 9 nitrogen and oxygen atoms in total. The number of aromatic amines is 1. The number of amides is 1. The average molecular weight is 502 g/mol. The summed E-state index contributed by atoms with van der Waals surface area (Å²) < 4.78 is 11.0. The molecule has 2 aromatic carbocycles. The summed E-state index contributed by atoms with van der Waals surface area (Å²) in [6.45, 7) is 8.99. The van der Waals surface area contributed by atoms with Gasteiger partial charge in [-0.2, -0.15) is 0 Å². The molecule has 2 aromatic heterocycles. The molecule has 0 aliphatic carbocycles. The molecule has 0 saturated heterocycles. The molecule has 10 heteroatoms. The zero-order valence-electron chi connectivity index (χ0n) is 19.3. The van der Waals surface area contributed by atoms with Gasteiger partial charge in [-0.15, -0.1) is 0 Å². The third-order valence-corrected chi connectivity index (χ3v) is 6.21. The molecule has 180 valence electrons. The van der Waals surface area contributed by atoms with Crippen molar-refractivity contribution in [2.24, 2.45) is 0 Å². The van der Waals surface area contributed by atoms with E-state index < -0.39 is 5.54 Å². The van der Waals surface area contributed by atoms with Gasteiger partial charge in [-0.1, -0.05) is 23.7 Å². The summed E-state index contributed by atoms with van der Waals surface area (Å²) in [4.78, 5) is 37.0. The molecule has 1 atom stereocenters. The first-order valence-electron chi connectivity index (χ1n) is 10.9. The molecule has 0 spiro atoms. The summed E-state index contributed by atoms with van der Waals surface area (Å²) in [5.41, 5.74) is 1.56. The Morgan fingerprint density at radius 1 is 1.19 bits per heavy atom. The van der Waals surface area contributed by atoms with Crippen molar-refractivity contribution in [2.45, 2.75) is 12.5 Å². The highest BCUT2D eigenvalue weighted by Gasteiger charge is 2.39. The SMILES string of the molecule is [C-]#[N+]c1cccc(Oc2ccc(C(=O)c3c[nH]c4ncc5c(c34)N[C@@](C)(COC)C(=O)N5)c(Cl)c2)c1. The monoisotopic (exact) mass is 501 g/mol. The van der Waals surface area contributed by atoms with Gasteiger partial charge in [-0.3, -0.25) is 9.59 Å². The average Bonchev–Trinajstić information content (AvgIpc) is 3.30. The molecule has 0 radical (unpaired) electrons. The number of fused-ring (bicyclic) bond motifs is 3. The quantitative estimate of drug-likeness (QED) is 0.236. The van der Waals surface area contributed by atoms with E-state index in [1.807, 2.05) is 0 Å². The third kappa shape index (κ3) is 4.02. The molecule has 3 heterocycles. The molecule has 36 heavy (non-hydrogen) atoms. The number of carbonyl (C=O) groups is 2. The first-order chi connectivity index (χ1) is 17.3. The zero-order chi connectivity index (χ0) is 25.4. The Balaban J connectivity index is 1.50. The van der Waals surface area contributed by atoms with Crippen molar-refractivity contribution >= 4 is 51.4 Å². The van der Waals surface area contributed by atoms with Crippen LogP contribution in [0.25, 0.3) is 15.9 Å². The predicted molar refractivity (Wildman–Crippen MR) is 136 cm³/mol. The smallest absolute Gasteiger partial charge is 0.252 e. The maximum absolute atomic E-state index is 13.6. The maximum atomic E-state index is 13.6. The van der Waals surface area contributed by atoms with E-state index in [9.17, 15) is 9.59 Å². The van der Waals surface area contributed by atoms with Crippen LogP contribution in [0.3, 0.4) is 0 Å². The largest absolute Gasteiger partial charge is 0.459 e. The Morgan fingerprint density at radius 2 is 2.00 bits per heavy atom. The summed E-state index contributed by atoms with van der Waals surface area (Å²) in [6.07, 6.45) is 3.10. The Hall–Kier alpha value is -4.39. The van der Waals surface area contributed by atoms with Crippen LogP contribution in [0.1, 0.15) is 22.8 Å². The van der Waals surface area contributed by atoms with Crippen LogP contribution in [0.15, 0.2) is 54.9 Å². The summed E-state index contributed by atoms with van der Waals surface area (Å²) in [6, 6.07) is 11.5. The number of anilines is 2. The lowest BCUT2D eigenvalue weighted by atomic mass is 9.96. The first-order valence-corrected chi connectivity index (χ1v) is 11.3. The second kappa shape index (κ2) is 9.00. The fourth-order valence-electron chi connectivity index (χ4n) is 4.12. The van der Waals surface area contributed by atoms with Gasteiger partial charge in [0.15, 0.2) is 11.5 Å². The number of hydrogen-bond donors (Lipinski definition) is 3. The van der Waals surface area contributed by atoms with Crippen LogP contribution < -0.4 is 15.4 Å². The minimum Gasteiger partial charge on any atom is -0.459 e. The molecule has 5 rings (SSSR count). The number of aromatic nitrogens is 2. The number of ether oxygens (including phenoxy) is 2. The lowest BCUT2D eigenvalue weighted by Crippen LogP contribution is -2.53. The number of rotatable bonds is 6. The summed E-state index contributed by atoms with van der Waals surface area (Å²) in [5, 5.41) is 6.82. The number of nitrogens with one attached hydrogen (secondary N) is 3. The van der Waals surface area contributed by atoms with E-state index >= 15 is 0 Å². The molecule has 1 amide bonds. The Morgan fingerprint density at radius 3 is 2.75 bits per heavy atom. The van der Waals surface area contributed by atoms with Crippen LogP contribution in [-0.4, -0.2) is 40.9 Å². The Bertz CT molecular complexity index is 1570. The van der Waals surface area contributed by atoms with Gasteiger partial charge in [0.25, 0.3) is 5.91 Å². The molecule has 0 saturated carbocycles. The molecular formula is C26H20ClN5O4. The fraction of sp³-hybridized carbons (Fsp3) is 0.154. The van der Waals surface area contributed by atoms with Crippen molar-refractivity contribution in [1.82, 2.24) is 9.97 Å². The van der Waals surface area contributed by atoms with Gasteiger partial charge in [-0.25, -0.2) is 9.83 Å². The van der Waals surface area contributed by atoms with Gasteiger partial charge in [0, 0.05) is 24.9 Å². The summed E-state index contributed by atoms with van der Waals surface area (Å²) >= 11 is 6.50. The number of carbonyl (C=O) groups excluding carboxylic acids is 2. The highest BCUT2D eigenvalue weighted by molar-refractivity contribution is 6.36. The van der Waals surface area contributed by atoms with Crippen molar-refractivity contribution in [3.05, 3.63) is 82.4 Å². The lowest BCUT2D eigenvalue weighted by molar-refractivity contribution is -0.121. The molecule has 0 bridgehead atoms. The number of pyridine rings is 1. The van der Waals surface area contributed by atoms with Gasteiger partial charge in [0.2, 0.25) is 0 Å². The number of ketones is 1. The maximum Gasteiger partial charge on any atom is 0.252 e. The van der Waals surface area contributed by atoms with Gasteiger partial charge in [0.05, 0.1) is 46.7 Å². The van der Waals surface area contributed by atoms with E-state index in [2.05, 4.69) is 25.4 Å². The number of hydrogen-bond acceptors (Lipinski definition) is 6. The van der Waals surface area contributed by atoms with E-state index in [0.29, 0.717) is 45.2 Å². The Kier molecular flexibility index (Phi) is 5.84. The van der Waals surface area contributed by atoms with Crippen LogP contribution >= 0.6 is 11.6 Å². The molecular weight excluding hydrogens is 482 g/mol. The number of benzene rings is 2. The second-order valence-corrected chi connectivity index (χ2v) is 8.91. The highest BCUT2D eigenvalue weighted by Crippen LogP contribution is 2.39. The minimum absolute atomic E-state index is 0.127. The topological polar surface area (TPSA) is 110 Å². The number of halogens is 1. The molecule has 4 aromatic rings. The van der Waals surface area contributed by atoms with Gasteiger partial charge in [-0.05, 0) is 31.2 Å². The standard InChI is InChI=1S/C26H20ClN5O4/c1-26(13-35-3)25(34)31-20-12-30-24-21(22(20)32-26)18(11-29-24)23(33)17-8-7-16(10-19(17)27)36-15-6-4-5-14(9-15)28-2/h4-12,32H,13H2,1,3H3,(H,29,30)(H,31,34)/t26-/m0/s1. The third-order valence-electron chi connectivity index (χ3n) is 5.90. The van der Waals surface area contributed by atoms with Crippen molar-refractivity contribution < 1.29 is 19.1 Å². The summed E-state index contributed by atoms with van der Waals surface area (Å²) in [7, 11) is 1.51.